The zero-order valence-electron chi connectivity index (χ0n) is 14.1. The van der Waals surface area contributed by atoms with Crippen molar-refractivity contribution in [1.29, 1.82) is 0 Å². The first kappa shape index (κ1) is 18.5. The molecule has 2 atom stereocenters. The predicted octanol–water partition coefficient (Wildman–Crippen LogP) is 4.02. The number of nitrogens with zero attached hydrogens (tertiary/aromatic N) is 1. The third kappa shape index (κ3) is 4.65. The van der Waals surface area contributed by atoms with Gasteiger partial charge in [0.1, 0.15) is 5.25 Å². The van der Waals surface area contributed by atoms with E-state index in [1.54, 1.807) is 24.3 Å². The third-order valence-electron chi connectivity index (χ3n) is 3.89. The van der Waals surface area contributed by atoms with Crippen LogP contribution < -0.4 is 10.6 Å². The molecule has 0 unspecified atom stereocenters. The Morgan fingerprint density at radius 2 is 1.92 bits per heavy atom. The molecule has 26 heavy (non-hydrogen) atoms. The Labute approximate surface area is 161 Å². The second-order valence-corrected chi connectivity index (χ2v) is 7.45. The number of nitrogens with one attached hydrogen (secondary N) is 2. The quantitative estimate of drug-likeness (QED) is 0.814. The van der Waals surface area contributed by atoms with Crippen LogP contribution in [-0.4, -0.2) is 22.2 Å². The molecule has 7 heteroatoms. The monoisotopic (exact) mass is 387 g/mol. The van der Waals surface area contributed by atoms with E-state index in [0.717, 1.165) is 5.56 Å². The van der Waals surface area contributed by atoms with Gasteiger partial charge in [0.05, 0.1) is 16.8 Å². The molecular weight excluding hydrogens is 370 g/mol. The highest BCUT2D eigenvalue weighted by Crippen LogP contribution is 2.27. The van der Waals surface area contributed by atoms with Crippen LogP contribution in [0.4, 0.5) is 5.69 Å². The average Bonchev–Trinajstić information content (AvgIpc) is 2.96. The van der Waals surface area contributed by atoms with Crippen molar-refractivity contribution >= 4 is 46.0 Å². The summed E-state index contributed by atoms with van der Waals surface area (Å²) in [5.41, 5.74) is 1.60. The Morgan fingerprint density at radius 3 is 2.65 bits per heavy atom. The number of carbonyl (C=O) groups is 2. The number of rotatable bonds is 5. The number of amides is 2. The summed E-state index contributed by atoms with van der Waals surface area (Å²) in [5.74, 6) is -0.466. The zero-order chi connectivity index (χ0) is 18.5. The standard InChI is InChI=1S/C19H18ClN3O2S/c1-12(13-7-3-2-4-8-13)21-19-23-18(25)16(26-19)11-17(24)22-15-10-6-5-9-14(15)20/h2-10,12,16H,11H2,1H3,(H,22,24)(H,21,23,25)/t12-,16-/m1/s1. The number of carbonyl (C=O) groups excluding carboxylic acids is 2. The zero-order valence-corrected chi connectivity index (χ0v) is 15.7. The van der Waals surface area contributed by atoms with Crippen molar-refractivity contribution in [3.05, 3.63) is 65.2 Å². The molecule has 0 bridgehead atoms. The van der Waals surface area contributed by atoms with Gasteiger partial charge in [0.2, 0.25) is 11.8 Å². The molecule has 0 spiro atoms. The molecule has 2 amide bonds. The van der Waals surface area contributed by atoms with Gasteiger partial charge in [-0.3, -0.25) is 14.6 Å². The Morgan fingerprint density at radius 1 is 1.23 bits per heavy atom. The molecule has 1 heterocycles. The molecule has 2 aromatic rings. The van der Waals surface area contributed by atoms with Gasteiger partial charge in [-0.1, -0.05) is 65.8 Å². The molecule has 0 radical (unpaired) electrons. The van der Waals surface area contributed by atoms with Crippen LogP contribution in [0.25, 0.3) is 0 Å². The van der Waals surface area contributed by atoms with E-state index in [2.05, 4.69) is 15.6 Å². The molecule has 1 fully saturated rings. The van der Waals surface area contributed by atoms with E-state index < -0.39 is 5.25 Å². The van der Waals surface area contributed by atoms with Crippen molar-refractivity contribution in [2.24, 2.45) is 4.99 Å². The van der Waals surface area contributed by atoms with Gasteiger partial charge in [-0.2, -0.15) is 0 Å². The second kappa shape index (κ2) is 8.38. The van der Waals surface area contributed by atoms with E-state index in [0.29, 0.717) is 15.9 Å². The number of amidine groups is 1. The van der Waals surface area contributed by atoms with Gasteiger partial charge >= 0.3 is 0 Å². The van der Waals surface area contributed by atoms with Crippen LogP contribution in [0, 0.1) is 0 Å². The minimum Gasteiger partial charge on any atom is -0.325 e. The fourth-order valence-corrected chi connectivity index (χ4v) is 3.75. The molecule has 0 aliphatic carbocycles. The topological polar surface area (TPSA) is 70.6 Å². The first-order valence-corrected chi connectivity index (χ1v) is 9.43. The van der Waals surface area contributed by atoms with E-state index >= 15 is 0 Å². The molecule has 0 aromatic heterocycles. The number of hydrogen-bond donors (Lipinski definition) is 2. The summed E-state index contributed by atoms with van der Waals surface area (Å²) in [6, 6.07) is 16.7. The van der Waals surface area contributed by atoms with Crippen molar-refractivity contribution in [3.63, 3.8) is 0 Å². The minimum absolute atomic E-state index is 0.0560. The Kier molecular flexibility index (Phi) is 5.96. The van der Waals surface area contributed by atoms with Crippen molar-refractivity contribution in [3.8, 4) is 0 Å². The number of anilines is 1. The second-order valence-electron chi connectivity index (χ2n) is 5.85. The van der Waals surface area contributed by atoms with Crippen LogP contribution >= 0.6 is 23.4 Å². The number of para-hydroxylation sites is 1. The number of aliphatic imine (C=N–C) groups is 1. The molecular formula is C19H18ClN3O2S. The van der Waals surface area contributed by atoms with Crippen molar-refractivity contribution < 1.29 is 9.59 Å². The molecule has 3 rings (SSSR count). The van der Waals surface area contributed by atoms with Gasteiger partial charge in [-0.05, 0) is 24.6 Å². The molecule has 1 aliphatic rings. The summed E-state index contributed by atoms with van der Waals surface area (Å²) >= 11 is 7.31. The normalized spacial score (nSPS) is 19.2. The van der Waals surface area contributed by atoms with E-state index in [-0.39, 0.29) is 24.3 Å². The molecule has 1 aliphatic heterocycles. The number of benzene rings is 2. The van der Waals surface area contributed by atoms with E-state index in [1.807, 2.05) is 37.3 Å². The first-order valence-electron chi connectivity index (χ1n) is 8.17. The summed E-state index contributed by atoms with van der Waals surface area (Å²) in [6.45, 7) is 1.96. The fourth-order valence-electron chi connectivity index (χ4n) is 2.51. The lowest BCUT2D eigenvalue weighted by Crippen LogP contribution is -2.28. The fraction of sp³-hybridized carbons (Fsp3) is 0.211. The summed E-state index contributed by atoms with van der Waals surface area (Å²) in [5, 5.41) is 5.99. The maximum Gasteiger partial charge on any atom is 0.240 e. The molecule has 2 N–H and O–H groups in total. The maximum absolute atomic E-state index is 12.2. The van der Waals surface area contributed by atoms with E-state index in [4.69, 9.17) is 11.6 Å². The minimum atomic E-state index is -0.501. The highest BCUT2D eigenvalue weighted by Gasteiger charge is 2.32. The maximum atomic E-state index is 12.2. The van der Waals surface area contributed by atoms with Gasteiger partial charge in [-0.15, -0.1) is 0 Å². The summed E-state index contributed by atoms with van der Waals surface area (Å²) in [4.78, 5) is 28.9. The van der Waals surface area contributed by atoms with Crippen molar-refractivity contribution in [1.82, 2.24) is 5.32 Å². The molecule has 134 valence electrons. The summed E-state index contributed by atoms with van der Waals surface area (Å²) in [6.07, 6.45) is 0.0560. The van der Waals surface area contributed by atoms with Gasteiger partial charge in [0.15, 0.2) is 5.17 Å². The van der Waals surface area contributed by atoms with Crippen LogP contribution in [0.15, 0.2) is 59.6 Å². The lowest BCUT2D eigenvalue weighted by atomic mass is 10.1. The summed E-state index contributed by atoms with van der Waals surface area (Å²) < 4.78 is 0. The average molecular weight is 388 g/mol. The van der Waals surface area contributed by atoms with E-state index in [9.17, 15) is 9.59 Å². The number of hydrogen-bond acceptors (Lipinski definition) is 4. The molecule has 0 saturated carbocycles. The SMILES string of the molecule is C[C@@H](N=C1NC(=O)[C@@H](CC(=O)Nc2ccccc2Cl)S1)c1ccccc1. The van der Waals surface area contributed by atoms with Crippen LogP contribution in [0.5, 0.6) is 0 Å². The molecule has 5 nitrogen and oxygen atoms in total. The first-order chi connectivity index (χ1) is 12.5. The highest BCUT2D eigenvalue weighted by molar-refractivity contribution is 8.15. The van der Waals surface area contributed by atoms with Crippen LogP contribution in [-0.2, 0) is 9.59 Å². The van der Waals surface area contributed by atoms with Gasteiger partial charge in [0.25, 0.3) is 0 Å². The Hall–Kier alpha value is -2.31. The summed E-state index contributed by atoms with van der Waals surface area (Å²) in [7, 11) is 0. The predicted molar refractivity (Wildman–Crippen MR) is 107 cm³/mol. The van der Waals surface area contributed by atoms with Crippen LogP contribution in [0.3, 0.4) is 0 Å². The molecule has 1 saturated heterocycles. The van der Waals surface area contributed by atoms with Gasteiger partial charge < -0.3 is 10.6 Å². The highest BCUT2D eigenvalue weighted by atomic mass is 35.5. The third-order valence-corrected chi connectivity index (χ3v) is 5.31. The number of thioether (sulfide) groups is 1. The Bertz CT molecular complexity index is 842. The van der Waals surface area contributed by atoms with Gasteiger partial charge in [-0.25, -0.2) is 0 Å². The largest absolute Gasteiger partial charge is 0.325 e. The lowest BCUT2D eigenvalue weighted by molar-refractivity contribution is -0.122. The van der Waals surface area contributed by atoms with Crippen molar-refractivity contribution in [2.45, 2.75) is 24.6 Å². The van der Waals surface area contributed by atoms with Gasteiger partial charge in [0, 0.05) is 6.42 Å². The van der Waals surface area contributed by atoms with Crippen LogP contribution in [0.2, 0.25) is 5.02 Å². The van der Waals surface area contributed by atoms with E-state index in [1.165, 1.54) is 11.8 Å². The Balaban J connectivity index is 1.60. The van der Waals surface area contributed by atoms with Crippen molar-refractivity contribution in [2.75, 3.05) is 5.32 Å². The smallest absolute Gasteiger partial charge is 0.240 e. The number of halogens is 1. The molecule has 2 aromatic carbocycles. The van der Waals surface area contributed by atoms with Crippen LogP contribution in [0.1, 0.15) is 24.9 Å². The lowest BCUT2D eigenvalue weighted by Gasteiger charge is -2.09.